The SMILES string of the molecule is CC(=O)c1nn(CC(=O)N2C[C@H](F)C[C@H]2C(=O)Nc2cc(C)cc(Br)n2)c2ccc(-c3cnc(C)nc3)cc12. The third-order valence-electron chi connectivity index (χ3n) is 6.55. The lowest BCUT2D eigenvalue weighted by molar-refractivity contribution is -0.137. The molecule has 1 N–H and O–H groups in total. The van der Waals surface area contributed by atoms with Crippen molar-refractivity contribution in [1.29, 1.82) is 0 Å². The smallest absolute Gasteiger partial charge is 0.248 e. The van der Waals surface area contributed by atoms with Gasteiger partial charge in [0.15, 0.2) is 5.78 Å². The number of nitrogens with zero attached hydrogens (tertiary/aromatic N) is 6. The van der Waals surface area contributed by atoms with Crippen LogP contribution < -0.4 is 5.32 Å². The number of anilines is 1. The molecule has 0 spiro atoms. The Labute approximate surface area is 231 Å². The minimum atomic E-state index is -1.34. The number of pyridine rings is 1. The highest BCUT2D eigenvalue weighted by atomic mass is 79.9. The van der Waals surface area contributed by atoms with Crippen LogP contribution in [0.4, 0.5) is 10.2 Å². The summed E-state index contributed by atoms with van der Waals surface area (Å²) < 4.78 is 16.4. The third kappa shape index (κ3) is 5.56. The highest BCUT2D eigenvalue weighted by Gasteiger charge is 2.40. The zero-order chi connectivity index (χ0) is 27.8. The molecular formula is C27H25BrFN7O3. The number of Topliss-reactive ketones (excluding diaryl/α,β-unsaturated/α-hetero) is 1. The van der Waals surface area contributed by atoms with Crippen LogP contribution in [-0.2, 0) is 16.1 Å². The number of fused-ring (bicyclic) bond motifs is 1. The summed E-state index contributed by atoms with van der Waals surface area (Å²) in [4.78, 5) is 52.7. The van der Waals surface area contributed by atoms with Gasteiger partial charge in [0.25, 0.3) is 0 Å². The summed E-state index contributed by atoms with van der Waals surface area (Å²) in [5.41, 5.74) is 3.22. The van der Waals surface area contributed by atoms with Gasteiger partial charge in [-0.25, -0.2) is 19.3 Å². The highest BCUT2D eigenvalue weighted by molar-refractivity contribution is 9.10. The summed E-state index contributed by atoms with van der Waals surface area (Å²) in [5, 5.41) is 7.67. The second-order valence-electron chi connectivity index (χ2n) is 9.55. The summed E-state index contributed by atoms with van der Waals surface area (Å²) in [6, 6.07) is 7.89. The van der Waals surface area contributed by atoms with Crippen LogP contribution in [0.5, 0.6) is 0 Å². The van der Waals surface area contributed by atoms with Crippen molar-refractivity contribution in [2.24, 2.45) is 0 Å². The van der Waals surface area contributed by atoms with E-state index in [2.05, 4.69) is 41.3 Å². The zero-order valence-corrected chi connectivity index (χ0v) is 23.1. The lowest BCUT2D eigenvalue weighted by Gasteiger charge is -2.23. The Balaban J connectivity index is 1.40. The Hall–Kier alpha value is -4.06. The number of rotatable bonds is 6. The summed E-state index contributed by atoms with van der Waals surface area (Å²) in [6.45, 7) is 4.58. The Bertz CT molecular complexity index is 1580. The molecule has 0 bridgehead atoms. The summed E-state index contributed by atoms with van der Waals surface area (Å²) in [6.07, 6.45) is 1.93. The molecule has 0 radical (unpaired) electrons. The zero-order valence-electron chi connectivity index (χ0n) is 21.5. The first-order valence-corrected chi connectivity index (χ1v) is 13.1. The van der Waals surface area contributed by atoms with E-state index in [4.69, 9.17) is 0 Å². The Morgan fingerprint density at radius 2 is 1.85 bits per heavy atom. The predicted molar refractivity (Wildman–Crippen MR) is 146 cm³/mol. The number of amides is 2. The Kier molecular flexibility index (Phi) is 7.21. The van der Waals surface area contributed by atoms with E-state index in [-0.39, 0.29) is 31.0 Å². The van der Waals surface area contributed by atoms with Crippen LogP contribution in [0.3, 0.4) is 0 Å². The lowest BCUT2D eigenvalue weighted by atomic mass is 10.0. The molecular weight excluding hydrogens is 569 g/mol. The maximum Gasteiger partial charge on any atom is 0.248 e. The maximum atomic E-state index is 14.5. The second kappa shape index (κ2) is 10.6. The fraction of sp³-hybridized carbons (Fsp3) is 0.296. The van der Waals surface area contributed by atoms with E-state index in [9.17, 15) is 18.8 Å². The monoisotopic (exact) mass is 593 g/mol. The van der Waals surface area contributed by atoms with Crippen LogP contribution in [0.15, 0.2) is 47.3 Å². The number of carbonyl (C=O) groups excluding carboxylic acids is 3. The molecule has 0 aliphatic carbocycles. The maximum absolute atomic E-state index is 14.5. The van der Waals surface area contributed by atoms with Crippen LogP contribution in [0.25, 0.3) is 22.0 Å². The molecule has 0 saturated carbocycles. The van der Waals surface area contributed by atoms with Crippen LogP contribution >= 0.6 is 15.9 Å². The normalized spacial score (nSPS) is 17.0. The standard InChI is InChI=1S/C27H25BrFN7O3/c1-14-6-23(28)32-24(7-14)33-27(39)22-9-19(29)12-35(22)25(38)13-36-21-5-4-17(18-10-30-16(3)31-11-18)8-20(21)26(34-36)15(2)37/h4-8,10-11,19,22H,9,12-13H2,1-3H3,(H,32,33,39)/t19-,22+/m1/s1. The van der Waals surface area contributed by atoms with Gasteiger partial charge in [0.05, 0.1) is 12.1 Å². The molecule has 1 aliphatic rings. The van der Waals surface area contributed by atoms with Gasteiger partial charge in [-0.1, -0.05) is 6.07 Å². The predicted octanol–water partition coefficient (Wildman–Crippen LogP) is 4.05. The summed E-state index contributed by atoms with van der Waals surface area (Å²) in [5.74, 6) is -0.316. The first-order valence-electron chi connectivity index (χ1n) is 12.3. The number of aromatic nitrogens is 5. The van der Waals surface area contributed by atoms with Gasteiger partial charge in [-0.05, 0) is 65.2 Å². The van der Waals surface area contributed by atoms with Gasteiger partial charge in [0, 0.05) is 36.7 Å². The molecule has 4 aromatic rings. The van der Waals surface area contributed by atoms with Crippen molar-refractivity contribution in [1.82, 2.24) is 29.6 Å². The van der Waals surface area contributed by atoms with Gasteiger partial charge >= 0.3 is 0 Å². The fourth-order valence-corrected chi connectivity index (χ4v) is 5.26. The second-order valence-corrected chi connectivity index (χ2v) is 10.4. The minimum Gasteiger partial charge on any atom is -0.326 e. The molecule has 200 valence electrons. The van der Waals surface area contributed by atoms with Crippen molar-refractivity contribution >= 4 is 50.2 Å². The number of aryl methyl sites for hydroxylation is 2. The van der Waals surface area contributed by atoms with E-state index in [0.717, 1.165) is 16.7 Å². The molecule has 4 heterocycles. The number of alkyl halides is 1. The minimum absolute atomic E-state index is 0.120. The van der Waals surface area contributed by atoms with E-state index in [1.807, 2.05) is 19.1 Å². The average molecular weight is 594 g/mol. The van der Waals surface area contributed by atoms with Crippen LogP contribution in [-0.4, -0.2) is 66.0 Å². The van der Waals surface area contributed by atoms with Crippen molar-refractivity contribution in [3.63, 3.8) is 0 Å². The molecule has 39 heavy (non-hydrogen) atoms. The number of halogens is 2. The van der Waals surface area contributed by atoms with Crippen molar-refractivity contribution in [2.75, 3.05) is 11.9 Å². The van der Waals surface area contributed by atoms with Crippen LogP contribution in [0.1, 0.15) is 35.2 Å². The molecule has 0 unspecified atom stereocenters. The van der Waals surface area contributed by atoms with Crippen molar-refractivity contribution in [2.45, 2.75) is 46.0 Å². The number of benzene rings is 1. The molecule has 1 aliphatic heterocycles. The quantitative estimate of drug-likeness (QED) is 0.264. The van der Waals surface area contributed by atoms with Gasteiger partial charge in [-0.2, -0.15) is 5.10 Å². The van der Waals surface area contributed by atoms with E-state index in [1.165, 1.54) is 16.5 Å². The van der Waals surface area contributed by atoms with Crippen molar-refractivity contribution < 1.29 is 18.8 Å². The molecule has 5 rings (SSSR count). The van der Waals surface area contributed by atoms with Crippen LogP contribution in [0.2, 0.25) is 0 Å². The number of carbonyl (C=O) groups is 3. The number of hydrogen-bond donors (Lipinski definition) is 1. The van der Waals surface area contributed by atoms with Crippen molar-refractivity contribution in [3.8, 4) is 11.1 Å². The first-order chi connectivity index (χ1) is 18.6. The third-order valence-corrected chi connectivity index (χ3v) is 6.95. The molecule has 1 fully saturated rings. The highest BCUT2D eigenvalue weighted by Crippen LogP contribution is 2.28. The fourth-order valence-electron chi connectivity index (χ4n) is 4.71. The van der Waals surface area contributed by atoms with Gasteiger partial charge in [-0.15, -0.1) is 0 Å². The number of likely N-dealkylation sites (tertiary alicyclic amines) is 1. The molecule has 12 heteroatoms. The van der Waals surface area contributed by atoms with Gasteiger partial charge in [0.1, 0.15) is 40.7 Å². The number of ketones is 1. The van der Waals surface area contributed by atoms with Gasteiger partial charge in [-0.3, -0.25) is 19.1 Å². The van der Waals surface area contributed by atoms with Crippen LogP contribution in [0, 0.1) is 13.8 Å². The number of nitrogens with one attached hydrogen (secondary N) is 1. The lowest BCUT2D eigenvalue weighted by Crippen LogP contribution is -2.44. The van der Waals surface area contributed by atoms with Crippen molar-refractivity contribution in [3.05, 3.63) is 64.4 Å². The average Bonchev–Trinajstić information content (AvgIpc) is 3.44. The number of hydrogen-bond acceptors (Lipinski definition) is 7. The van der Waals surface area contributed by atoms with E-state index in [0.29, 0.717) is 27.1 Å². The van der Waals surface area contributed by atoms with Gasteiger partial charge < -0.3 is 10.2 Å². The van der Waals surface area contributed by atoms with Gasteiger partial charge in [0.2, 0.25) is 11.8 Å². The molecule has 1 saturated heterocycles. The molecule has 1 aromatic carbocycles. The summed E-state index contributed by atoms with van der Waals surface area (Å²) >= 11 is 3.29. The van der Waals surface area contributed by atoms with E-state index < -0.39 is 24.0 Å². The topological polar surface area (TPSA) is 123 Å². The molecule has 3 aromatic heterocycles. The molecule has 2 amide bonds. The summed E-state index contributed by atoms with van der Waals surface area (Å²) in [7, 11) is 0. The first kappa shape index (κ1) is 26.5. The van der Waals surface area contributed by atoms with E-state index >= 15 is 0 Å². The Morgan fingerprint density at radius 1 is 1.10 bits per heavy atom. The Morgan fingerprint density at radius 3 is 2.54 bits per heavy atom. The molecule has 2 atom stereocenters. The molecule has 10 nitrogen and oxygen atoms in total. The van der Waals surface area contributed by atoms with E-state index in [1.54, 1.807) is 37.5 Å². The largest absolute Gasteiger partial charge is 0.326 e.